The van der Waals surface area contributed by atoms with Crippen LogP contribution in [-0.4, -0.2) is 31.9 Å². The second kappa shape index (κ2) is 5.02. The maximum absolute atomic E-state index is 11.6. The van der Waals surface area contributed by atoms with Crippen LogP contribution in [0.15, 0.2) is 0 Å². The Morgan fingerprint density at radius 3 is 2.50 bits per heavy atom. The van der Waals surface area contributed by atoms with Gasteiger partial charge in [-0.15, -0.1) is 0 Å². The summed E-state index contributed by atoms with van der Waals surface area (Å²) in [5.41, 5.74) is 0. The molecular weight excluding hydrogens is 226 g/mol. The first-order valence-corrected chi connectivity index (χ1v) is 7.86. The van der Waals surface area contributed by atoms with Crippen molar-refractivity contribution in [1.82, 2.24) is 4.72 Å². The molecule has 0 saturated heterocycles. The topological polar surface area (TPSA) is 66.4 Å². The third-order valence-electron chi connectivity index (χ3n) is 3.50. The van der Waals surface area contributed by atoms with Crippen molar-refractivity contribution in [3.8, 4) is 0 Å². The number of nitrogens with one attached hydrogen (secondary N) is 1. The zero-order valence-corrected chi connectivity index (χ0v) is 10.4. The second-order valence-corrected chi connectivity index (χ2v) is 7.11. The maximum atomic E-state index is 11.6. The monoisotopic (exact) mass is 247 g/mol. The van der Waals surface area contributed by atoms with Gasteiger partial charge < -0.3 is 5.11 Å². The van der Waals surface area contributed by atoms with Crippen LogP contribution in [0.2, 0.25) is 0 Å². The van der Waals surface area contributed by atoms with Crippen LogP contribution in [0.25, 0.3) is 0 Å². The van der Waals surface area contributed by atoms with Gasteiger partial charge in [-0.25, -0.2) is 13.1 Å². The normalized spacial score (nSPS) is 31.6. The third-order valence-corrected chi connectivity index (χ3v) is 5.02. The summed E-state index contributed by atoms with van der Waals surface area (Å²) in [6.45, 7) is 0.506. The van der Waals surface area contributed by atoms with E-state index in [-0.39, 0.29) is 6.10 Å². The lowest BCUT2D eigenvalue weighted by atomic mass is 9.87. The number of sulfonamides is 1. The number of hydrogen-bond donors (Lipinski definition) is 2. The fraction of sp³-hybridized carbons (Fsp3) is 1.00. The van der Waals surface area contributed by atoms with E-state index in [9.17, 15) is 13.5 Å². The molecule has 94 valence electrons. The van der Waals surface area contributed by atoms with Crippen LogP contribution < -0.4 is 4.72 Å². The van der Waals surface area contributed by atoms with Crippen molar-refractivity contribution in [2.45, 2.75) is 44.6 Å². The molecule has 2 atom stereocenters. The minimum Gasteiger partial charge on any atom is -0.393 e. The second-order valence-electron chi connectivity index (χ2n) is 5.26. The van der Waals surface area contributed by atoms with Gasteiger partial charge in [-0.1, -0.05) is 6.42 Å². The average molecular weight is 247 g/mol. The van der Waals surface area contributed by atoms with Gasteiger partial charge in [-0.3, -0.25) is 0 Å². The van der Waals surface area contributed by atoms with Crippen LogP contribution in [0.1, 0.15) is 38.5 Å². The molecule has 0 aliphatic heterocycles. The van der Waals surface area contributed by atoms with Crippen molar-refractivity contribution < 1.29 is 13.5 Å². The largest absolute Gasteiger partial charge is 0.393 e. The predicted octanol–water partition coefficient (Wildman–Crippen LogP) is 0.867. The number of aliphatic hydroxyl groups is 1. The molecule has 0 amide bonds. The van der Waals surface area contributed by atoms with E-state index in [1.807, 2.05) is 0 Å². The Kier molecular flexibility index (Phi) is 3.87. The Balaban J connectivity index is 1.72. The zero-order chi connectivity index (χ0) is 11.6. The lowest BCUT2D eigenvalue weighted by Gasteiger charge is -2.25. The number of aliphatic hydroxyl groups excluding tert-OH is 1. The zero-order valence-electron chi connectivity index (χ0n) is 9.56. The van der Waals surface area contributed by atoms with Crippen molar-refractivity contribution in [3.05, 3.63) is 0 Å². The number of hydrogen-bond acceptors (Lipinski definition) is 3. The average Bonchev–Trinajstić information content (AvgIpc) is 2.98. The van der Waals surface area contributed by atoms with Gasteiger partial charge in [0.1, 0.15) is 0 Å². The molecule has 4 nitrogen and oxygen atoms in total. The van der Waals surface area contributed by atoms with Gasteiger partial charge in [-0.05, 0) is 43.9 Å². The molecule has 2 unspecified atom stereocenters. The Hall–Kier alpha value is -0.130. The lowest BCUT2D eigenvalue weighted by Crippen LogP contribution is -2.34. The molecule has 0 aromatic carbocycles. The quantitative estimate of drug-likeness (QED) is 0.757. The van der Waals surface area contributed by atoms with Gasteiger partial charge in [0, 0.05) is 6.54 Å². The highest BCUT2D eigenvalue weighted by Crippen LogP contribution is 2.30. The Bertz CT molecular complexity index is 324. The van der Waals surface area contributed by atoms with Gasteiger partial charge in [-0.2, -0.15) is 0 Å². The van der Waals surface area contributed by atoms with E-state index in [1.165, 1.54) is 0 Å². The maximum Gasteiger partial charge on any atom is 0.211 e. The highest BCUT2D eigenvalue weighted by Gasteiger charge is 2.28. The molecule has 0 aromatic heterocycles. The summed E-state index contributed by atoms with van der Waals surface area (Å²) in [5.74, 6) is 1.01. The van der Waals surface area contributed by atoms with Gasteiger partial charge in [0.05, 0.1) is 11.9 Å². The molecule has 0 spiro atoms. The molecule has 2 N–H and O–H groups in total. The lowest BCUT2D eigenvalue weighted by molar-refractivity contribution is 0.102. The molecule has 2 aliphatic carbocycles. The van der Waals surface area contributed by atoms with E-state index < -0.39 is 10.0 Å². The van der Waals surface area contributed by atoms with E-state index in [1.54, 1.807) is 0 Å². The highest BCUT2D eigenvalue weighted by atomic mass is 32.2. The summed E-state index contributed by atoms with van der Waals surface area (Å²) in [6.07, 6.45) is 5.54. The van der Waals surface area contributed by atoms with Crippen molar-refractivity contribution >= 4 is 10.0 Å². The Morgan fingerprint density at radius 2 is 1.88 bits per heavy atom. The first kappa shape index (κ1) is 12.3. The molecule has 2 aliphatic rings. The minimum absolute atomic E-state index is 0.230. The minimum atomic E-state index is -3.07. The molecule has 2 saturated carbocycles. The standard InChI is InChI=1S/C11H21NO3S/c13-11-3-1-2-10(6-11)7-12-16(14,15)8-9-4-5-9/h9-13H,1-8H2. The first-order chi connectivity index (χ1) is 7.55. The van der Waals surface area contributed by atoms with Gasteiger partial charge >= 0.3 is 0 Å². The van der Waals surface area contributed by atoms with Crippen LogP contribution in [0.4, 0.5) is 0 Å². The van der Waals surface area contributed by atoms with E-state index in [0.717, 1.165) is 38.5 Å². The summed E-state index contributed by atoms with van der Waals surface area (Å²) in [7, 11) is -3.07. The third kappa shape index (κ3) is 4.03. The summed E-state index contributed by atoms with van der Waals surface area (Å²) >= 11 is 0. The Morgan fingerprint density at radius 1 is 1.12 bits per heavy atom. The SMILES string of the molecule is O=S(=O)(CC1CC1)NCC1CCCC(O)C1. The van der Waals surface area contributed by atoms with Crippen LogP contribution in [0.5, 0.6) is 0 Å². The molecule has 2 rings (SSSR count). The molecule has 0 heterocycles. The smallest absolute Gasteiger partial charge is 0.211 e. The summed E-state index contributed by atoms with van der Waals surface area (Å²) in [6, 6.07) is 0. The van der Waals surface area contributed by atoms with Crippen molar-refractivity contribution in [3.63, 3.8) is 0 Å². The fourth-order valence-electron chi connectivity index (χ4n) is 2.35. The van der Waals surface area contributed by atoms with Crippen LogP contribution in [0.3, 0.4) is 0 Å². The van der Waals surface area contributed by atoms with Crippen LogP contribution in [-0.2, 0) is 10.0 Å². The van der Waals surface area contributed by atoms with E-state index in [2.05, 4.69) is 4.72 Å². The van der Waals surface area contributed by atoms with Crippen molar-refractivity contribution in [1.29, 1.82) is 0 Å². The van der Waals surface area contributed by atoms with Crippen LogP contribution >= 0.6 is 0 Å². The van der Waals surface area contributed by atoms with Crippen molar-refractivity contribution in [2.75, 3.05) is 12.3 Å². The highest BCUT2D eigenvalue weighted by molar-refractivity contribution is 7.89. The summed E-state index contributed by atoms with van der Waals surface area (Å²) in [4.78, 5) is 0. The first-order valence-electron chi connectivity index (χ1n) is 6.20. The van der Waals surface area contributed by atoms with E-state index >= 15 is 0 Å². The van der Waals surface area contributed by atoms with Gasteiger partial charge in [0.25, 0.3) is 0 Å². The Labute approximate surface area is 97.5 Å². The van der Waals surface area contributed by atoms with E-state index in [0.29, 0.717) is 24.1 Å². The fourth-order valence-corrected chi connectivity index (χ4v) is 3.91. The van der Waals surface area contributed by atoms with Crippen molar-refractivity contribution in [2.24, 2.45) is 11.8 Å². The summed E-state index contributed by atoms with van der Waals surface area (Å²) < 4.78 is 25.9. The van der Waals surface area contributed by atoms with Gasteiger partial charge in [0.2, 0.25) is 10.0 Å². The van der Waals surface area contributed by atoms with Gasteiger partial charge in [0.15, 0.2) is 0 Å². The molecule has 5 heteroatoms. The molecule has 0 bridgehead atoms. The number of rotatable bonds is 5. The molecule has 0 radical (unpaired) electrons. The molecular formula is C11H21NO3S. The predicted molar refractivity (Wildman–Crippen MR) is 62.5 cm³/mol. The van der Waals surface area contributed by atoms with E-state index in [4.69, 9.17) is 0 Å². The molecule has 0 aromatic rings. The molecule has 16 heavy (non-hydrogen) atoms. The summed E-state index contributed by atoms with van der Waals surface area (Å²) in [5, 5.41) is 9.49. The van der Waals surface area contributed by atoms with Crippen LogP contribution in [0, 0.1) is 11.8 Å². The molecule has 2 fully saturated rings.